The molecule has 0 bridgehead atoms. The molecule has 1 amide bonds. The van der Waals surface area contributed by atoms with Crippen molar-refractivity contribution in [3.8, 4) is 11.3 Å². The minimum atomic E-state index is -1.03. The first-order valence-electron chi connectivity index (χ1n) is 8.71. The average molecular weight is 447 g/mol. The summed E-state index contributed by atoms with van der Waals surface area (Å²) in [7, 11) is 0. The number of nitro benzene ring substituents is 1. The minimum absolute atomic E-state index is 0.0553. The maximum absolute atomic E-state index is 12.5. The van der Waals surface area contributed by atoms with Crippen LogP contribution in [-0.4, -0.2) is 32.9 Å². The number of carbonyl (C=O) groups excluding carboxylic acids is 2. The second-order valence-electron chi connectivity index (χ2n) is 6.00. The van der Waals surface area contributed by atoms with E-state index in [0.29, 0.717) is 11.3 Å². The lowest BCUT2D eigenvalue weighted by molar-refractivity contribution is -0.384. The van der Waals surface area contributed by atoms with Crippen LogP contribution < -0.4 is 5.32 Å². The zero-order valence-corrected chi connectivity index (χ0v) is 17.1. The van der Waals surface area contributed by atoms with Crippen LogP contribution >= 0.6 is 22.9 Å². The number of nitrogens with zero attached hydrogens (tertiary/aromatic N) is 3. The first-order valence-corrected chi connectivity index (χ1v) is 9.97. The van der Waals surface area contributed by atoms with Gasteiger partial charge in [0.25, 0.3) is 11.6 Å². The maximum Gasteiger partial charge on any atom is 0.339 e. The van der Waals surface area contributed by atoms with Crippen LogP contribution in [0.5, 0.6) is 0 Å². The highest BCUT2D eigenvalue weighted by atomic mass is 35.5. The van der Waals surface area contributed by atoms with E-state index in [9.17, 15) is 19.7 Å². The lowest BCUT2D eigenvalue weighted by Gasteiger charge is -2.15. The van der Waals surface area contributed by atoms with Crippen LogP contribution in [0.3, 0.4) is 0 Å². The topological polar surface area (TPSA) is 124 Å². The Balaban J connectivity index is 1.68. The monoisotopic (exact) mass is 446 g/mol. The molecule has 154 valence electrons. The maximum atomic E-state index is 12.5. The highest BCUT2D eigenvalue weighted by Crippen LogP contribution is 2.27. The Labute approximate surface area is 179 Å². The summed E-state index contributed by atoms with van der Waals surface area (Å²) >= 11 is 6.92. The van der Waals surface area contributed by atoms with Crippen LogP contribution in [0.25, 0.3) is 11.3 Å². The number of non-ortho nitro benzene ring substituents is 1. The second-order valence-corrected chi connectivity index (χ2v) is 7.25. The van der Waals surface area contributed by atoms with E-state index in [4.69, 9.17) is 16.3 Å². The normalized spacial score (nSPS) is 11.5. The summed E-state index contributed by atoms with van der Waals surface area (Å²) in [5.41, 5.74) is 1.16. The third-order valence-corrected chi connectivity index (χ3v) is 4.93. The molecule has 11 heteroatoms. The number of thiazole rings is 1. The van der Waals surface area contributed by atoms with Crippen LogP contribution in [0.15, 0.2) is 48.0 Å². The number of ether oxygens (including phenoxy) is 1. The third-order valence-electron chi connectivity index (χ3n) is 3.96. The Morgan fingerprint density at radius 3 is 2.83 bits per heavy atom. The fourth-order valence-electron chi connectivity index (χ4n) is 2.48. The highest BCUT2D eigenvalue weighted by Gasteiger charge is 2.23. The van der Waals surface area contributed by atoms with Gasteiger partial charge in [-0.1, -0.05) is 30.7 Å². The van der Waals surface area contributed by atoms with Crippen molar-refractivity contribution in [3.63, 3.8) is 0 Å². The van der Waals surface area contributed by atoms with E-state index in [0.717, 1.165) is 11.3 Å². The molecule has 3 aromatic rings. The van der Waals surface area contributed by atoms with Gasteiger partial charge < -0.3 is 4.74 Å². The molecule has 2 heterocycles. The molecule has 1 aromatic carbocycles. The Morgan fingerprint density at radius 1 is 1.33 bits per heavy atom. The Morgan fingerprint density at radius 2 is 2.13 bits per heavy atom. The van der Waals surface area contributed by atoms with Gasteiger partial charge in [0.1, 0.15) is 5.15 Å². The number of nitro groups is 1. The quantitative estimate of drug-likeness (QED) is 0.247. The van der Waals surface area contributed by atoms with Gasteiger partial charge in [0.2, 0.25) is 0 Å². The first-order chi connectivity index (χ1) is 14.4. The Hall–Kier alpha value is -3.37. The van der Waals surface area contributed by atoms with Gasteiger partial charge in [-0.05, 0) is 18.6 Å². The summed E-state index contributed by atoms with van der Waals surface area (Å²) in [6.45, 7) is 1.70. The van der Waals surface area contributed by atoms with Gasteiger partial charge in [-0.3, -0.25) is 20.2 Å². The number of hydrogen-bond donors (Lipinski definition) is 1. The Bertz CT molecular complexity index is 1100. The lowest BCUT2D eigenvalue weighted by atomic mass is 10.1. The molecule has 1 N–H and O–H groups in total. The Kier molecular flexibility index (Phi) is 6.70. The smallest absolute Gasteiger partial charge is 0.339 e. The van der Waals surface area contributed by atoms with Crippen molar-refractivity contribution in [1.29, 1.82) is 0 Å². The molecule has 30 heavy (non-hydrogen) atoms. The summed E-state index contributed by atoms with van der Waals surface area (Å²) in [4.78, 5) is 43.3. The zero-order chi connectivity index (χ0) is 21.7. The molecular formula is C19H15ClN4O5S. The fourth-order valence-corrected chi connectivity index (χ4v) is 3.37. The summed E-state index contributed by atoms with van der Waals surface area (Å²) in [5, 5.41) is 15.6. The van der Waals surface area contributed by atoms with Gasteiger partial charge in [-0.2, -0.15) is 0 Å². The predicted octanol–water partition coefficient (Wildman–Crippen LogP) is 4.34. The molecule has 0 aliphatic carbocycles. The third kappa shape index (κ3) is 5.16. The molecule has 1 atom stereocenters. The highest BCUT2D eigenvalue weighted by molar-refractivity contribution is 7.14. The van der Waals surface area contributed by atoms with E-state index < -0.39 is 22.9 Å². The molecule has 1 unspecified atom stereocenters. The molecule has 2 aromatic heterocycles. The predicted molar refractivity (Wildman–Crippen MR) is 112 cm³/mol. The molecular weight excluding hydrogens is 432 g/mol. The number of hydrogen-bond acceptors (Lipinski definition) is 8. The summed E-state index contributed by atoms with van der Waals surface area (Å²) in [6.07, 6.45) is 0.583. The van der Waals surface area contributed by atoms with E-state index in [1.807, 2.05) is 0 Å². The van der Waals surface area contributed by atoms with Crippen molar-refractivity contribution in [1.82, 2.24) is 9.97 Å². The summed E-state index contributed by atoms with van der Waals surface area (Å²) in [6, 6.07) is 8.81. The molecule has 0 radical (unpaired) electrons. The number of nitrogens with one attached hydrogen (secondary N) is 1. The number of benzene rings is 1. The largest absolute Gasteiger partial charge is 0.449 e. The molecule has 0 saturated carbocycles. The fraction of sp³-hybridized carbons (Fsp3) is 0.158. The van der Waals surface area contributed by atoms with E-state index in [1.54, 1.807) is 24.4 Å². The number of anilines is 1. The van der Waals surface area contributed by atoms with Crippen LogP contribution in [0.2, 0.25) is 5.15 Å². The number of amides is 1. The number of rotatable bonds is 7. The first kappa shape index (κ1) is 21.3. The van der Waals surface area contributed by atoms with Crippen LogP contribution in [0, 0.1) is 10.1 Å². The van der Waals surface area contributed by atoms with E-state index >= 15 is 0 Å². The van der Waals surface area contributed by atoms with Gasteiger partial charge in [0.05, 0.1) is 16.2 Å². The molecule has 0 aliphatic rings. The van der Waals surface area contributed by atoms with Crippen molar-refractivity contribution in [2.45, 2.75) is 19.4 Å². The van der Waals surface area contributed by atoms with Crippen LogP contribution in [0.4, 0.5) is 10.8 Å². The molecule has 9 nitrogen and oxygen atoms in total. The minimum Gasteiger partial charge on any atom is -0.449 e. The summed E-state index contributed by atoms with van der Waals surface area (Å²) in [5.74, 6) is -1.23. The average Bonchev–Trinajstić information content (AvgIpc) is 3.20. The number of pyridine rings is 1. The van der Waals surface area contributed by atoms with Crippen molar-refractivity contribution >= 4 is 45.6 Å². The zero-order valence-electron chi connectivity index (χ0n) is 15.6. The lowest BCUT2D eigenvalue weighted by Crippen LogP contribution is -2.32. The number of aromatic nitrogens is 2. The number of halogens is 1. The molecule has 0 spiro atoms. The van der Waals surface area contributed by atoms with Crippen molar-refractivity contribution < 1.29 is 19.2 Å². The van der Waals surface area contributed by atoms with Gasteiger partial charge in [-0.15, -0.1) is 11.3 Å². The molecule has 0 aliphatic heterocycles. The van der Waals surface area contributed by atoms with E-state index in [1.165, 1.54) is 30.5 Å². The van der Waals surface area contributed by atoms with E-state index in [-0.39, 0.29) is 28.0 Å². The van der Waals surface area contributed by atoms with Crippen molar-refractivity contribution in [2.24, 2.45) is 0 Å². The van der Waals surface area contributed by atoms with Gasteiger partial charge in [-0.25, -0.2) is 14.8 Å². The van der Waals surface area contributed by atoms with Gasteiger partial charge in [0.15, 0.2) is 11.2 Å². The molecule has 3 rings (SSSR count). The second kappa shape index (κ2) is 9.42. The SMILES string of the molecule is CCC(OC(=O)c1ccnc(Cl)c1)C(=O)Nc1nc(-c2cccc([N+](=O)[O-])c2)cs1. The molecule has 0 saturated heterocycles. The van der Waals surface area contributed by atoms with Crippen LogP contribution in [0.1, 0.15) is 23.7 Å². The molecule has 0 fully saturated rings. The number of esters is 1. The number of carbonyl (C=O) groups is 2. The van der Waals surface area contributed by atoms with Gasteiger partial charge in [0, 0.05) is 29.3 Å². The van der Waals surface area contributed by atoms with E-state index in [2.05, 4.69) is 15.3 Å². The van der Waals surface area contributed by atoms with Gasteiger partial charge >= 0.3 is 5.97 Å². The van der Waals surface area contributed by atoms with Crippen LogP contribution in [-0.2, 0) is 9.53 Å². The summed E-state index contributed by atoms with van der Waals surface area (Å²) < 4.78 is 5.27. The standard InChI is InChI=1S/C19H15ClN4O5S/c1-2-15(29-18(26)12-6-7-21-16(20)9-12)17(25)23-19-22-14(10-30-19)11-4-3-5-13(8-11)24(27)28/h3-10,15H,2H2,1H3,(H,22,23,25). The van der Waals surface area contributed by atoms with Crippen molar-refractivity contribution in [3.05, 3.63) is 68.8 Å². The van der Waals surface area contributed by atoms with Crippen molar-refractivity contribution in [2.75, 3.05) is 5.32 Å².